The molecule has 274 valence electrons. The third-order valence-corrected chi connectivity index (χ3v) is 13.6. The average molecular weight is 760 g/mol. The van der Waals surface area contributed by atoms with Gasteiger partial charge in [-0.3, -0.25) is 34.2 Å². The highest BCUT2D eigenvalue weighted by atomic mass is 32.2. The minimum absolute atomic E-state index is 0.0352. The van der Waals surface area contributed by atoms with Crippen molar-refractivity contribution in [2.24, 2.45) is 20.9 Å². The van der Waals surface area contributed by atoms with Crippen molar-refractivity contribution in [1.82, 2.24) is 20.9 Å². The van der Waals surface area contributed by atoms with Crippen LogP contribution in [0.25, 0.3) is 0 Å². The molecule has 4 amide bonds. The highest BCUT2D eigenvalue weighted by Gasteiger charge is 2.44. The molecule has 11 nitrogen and oxygen atoms in total. The summed E-state index contributed by atoms with van der Waals surface area (Å²) in [6.45, 7) is 6.62. The quantitative estimate of drug-likeness (QED) is 0.424. The van der Waals surface area contributed by atoms with E-state index in [1.54, 1.807) is 11.8 Å². The van der Waals surface area contributed by atoms with Crippen molar-refractivity contribution in [1.29, 1.82) is 0 Å². The van der Waals surface area contributed by atoms with Gasteiger partial charge in [-0.2, -0.15) is 0 Å². The zero-order valence-corrected chi connectivity index (χ0v) is 32.0. The fourth-order valence-electron chi connectivity index (χ4n) is 7.25. The molecule has 5 heterocycles. The second-order valence-corrected chi connectivity index (χ2v) is 17.7. The highest BCUT2D eigenvalue weighted by Crippen LogP contribution is 2.35. The highest BCUT2D eigenvalue weighted by molar-refractivity contribution is 8.15. The van der Waals surface area contributed by atoms with Gasteiger partial charge in [-0.05, 0) is 36.3 Å². The van der Waals surface area contributed by atoms with Gasteiger partial charge in [0.25, 0.3) is 0 Å². The summed E-state index contributed by atoms with van der Waals surface area (Å²) < 4.78 is 0. The number of benzene rings is 2. The van der Waals surface area contributed by atoms with Crippen LogP contribution in [0.1, 0.15) is 44.7 Å². The summed E-state index contributed by atoms with van der Waals surface area (Å²) in [5.74, 6) is 0.0263. The summed E-state index contributed by atoms with van der Waals surface area (Å²) >= 11 is 4.52. The summed E-state index contributed by atoms with van der Waals surface area (Å²) in [6.07, 6.45) is 2.38. The molecule has 6 bridgehead atoms. The van der Waals surface area contributed by atoms with Crippen molar-refractivity contribution in [3.63, 3.8) is 0 Å². The van der Waals surface area contributed by atoms with Crippen LogP contribution in [0.4, 0.5) is 0 Å². The Balaban J connectivity index is 1.24. The van der Waals surface area contributed by atoms with Gasteiger partial charge in [0.05, 0.1) is 33.3 Å². The summed E-state index contributed by atoms with van der Waals surface area (Å²) in [5.41, 5.74) is 1.96. The van der Waals surface area contributed by atoms with Gasteiger partial charge >= 0.3 is 0 Å². The smallest absolute Gasteiger partial charge is 0.246 e. The molecular weight excluding hydrogens is 715 g/mol. The number of nitrogens with one attached hydrogen (secondary N) is 3. The van der Waals surface area contributed by atoms with Gasteiger partial charge in [0.2, 0.25) is 23.6 Å². The van der Waals surface area contributed by atoms with Crippen LogP contribution in [0, 0.1) is 5.92 Å². The fraction of sp³-hybridized carbons (Fsp3) is 0.500. The summed E-state index contributed by atoms with van der Waals surface area (Å²) in [4.78, 5) is 72.7. The Bertz CT molecular complexity index is 1770. The van der Waals surface area contributed by atoms with Crippen LogP contribution in [0.3, 0.4) is 0 Å². The number of fused-ring (bicyclic) bond motifs is 5. The van der Waals surface area contributed by atoms with Crippen LogP contribution in [0.15, 0.2) is 75.6 Å². The Labute approximate surface area is 317 Å². The first kappa shape index (κ1) is 36.7. The van der Waals surface area contributed by atoms with Crippen LogP contribution in [-0.2, 0) is 32.0 Å². The summed E-state index contributed by atoms with van der Waals surface area (Å²) in [5, 5.41) is 11.6. The number of hydrogen-bond acceptors (Lipinski definition) is 10. The number of hydrogen-bond donors (Lipinski definition) is 3. The monoisotopic (exact) mass is 759 g/mol. The second-order valence-electron chi connectivity index (χ2n) is 14.2. The standard InChI is InChI=1S/C38H45N7O4S3/c1-21(2)30-37-42-28(20-51-37)32(46)39-25(17-23-11-6-4-7-12-23)35-41-27(19-50-35)33(47)40-26(18-24-13-8-5-9-14-24)38(49)45-16-10-15-29(45)36-44-31(22(3)52-36)34(48)43-30/h4-9,11-14,21-22,25-31H,10,15-20H2,1-3H3,(H,39,46)(H,40,47)(H,43,48)/t22-,25+,26-,27-,28-,29-,30+,31-/m0/s1. The molecule has 2 aromatic carbocycles. The molecule has 52 heavy (non-hydrogen) atoms. The van der Waals surface area contributed by atoms with E-state index in [1.165, 1.54) is 23.5 Å². The first-order chi connectivity index (χ1) is 25.1. The van der Waals surface area contributed by atoms with E-state index in [0.29, 0.717) is 35.9 Å². The minimum Gasteiger partial charge on any atom is -0.345 e. The predicted octanol–water partition coefficient (Wildman–Crippen LogP) is 3.52. The van der Waals surface area contributed by atoms with Gasteiger partial charge in [0, 0.05) is 29.7 Å². The maximum atomic E-state index is 14.5. The molecule has 5 aliphatic heterocycles. The zero-order valence-electron chi connectivity index (χ0n) is 29.6. The molecule has 0 saturated carbocycles. The minimum atomic E-state index is -0.810. The maximum Gasteiger partial charge on any atom is 0.246 e. The molecule has 2 aromatic rings. The van der Waals surface area contributed by atoms with Gasteiger partial charge in [0.1, 0.15) is 24.2 Å². The lowest BCUT2D eigenvalue weighted by atomic mass is 10.0. The number of rotatable bonds is 5. The molecular formula is C38H45N7O4S3. The van der Waals surface area contributed by atoms with E-state index >= 15 is 0 Å². The summed E-state index contributed by atoms with van der Waals surface area (Å²) in [7, 11) is 0. The van der Waals surface area contributed by atoms with Crippen LogP contribution in [-0.4, -0.2) is 109 Å². The molecule has 3 N–H and O–H groups in total. The van der Waals surface area contributed by atoms with E-state index in [0.717, 1.165) is 34.1 Å². The lowest BCUT2D eigenvalue weighted by molar-refractivity contribution is -0.136. The van der Waals surface area contributed by atoms with Crippen molar-refractivity contribution in [3.8, 4) is 0 Å². The van der Waals surface area contributed by atoms with E-state index in [4.69, 9.17) is 15.0 Å². The Morgan fingerprint density at radius 1 is 0.731 bits per heavy atom. The molecule has 1 fully saturated rings. The average Bonchev–Trinajstić information content (AvgIpc) is 3.97. The second kappa shape index (κ2) is 16.2. The van der Waals surface area contributed by atoms with Crippen LogP contribution in [0.5, 0.6) is 0 Å². The molecule has 14 heteroatoms. The Hall–Kier alpha value is -3.62. The van der Waals surface area contributed by atoms with E-state index in [-0.39, 0.29) is 46.9 Å². The molecule has 0 spiro atoms. The van der Waals surface area contributed by atoms with Gasteiger partial charge in [0.15, 0.2) is 0 Å². The zero-order chi connectivity index (χ0) is 36.4. The van der Waals surface area contributed by atoms with Crippen molar-refractivity contribution >= 4 is 74.0 Å². The van der Waals surface area contributed by atoms with Gasteiger partial charge in [-0.15, -0.1) is 35.3 Å². The van der Waals surface area contributed by atoms with Crippen LogP contribution < -0.4 is 16.0 Å². The number of aliphatic imine (C=N–C) groups is 3. The van der Waals surface area contributed by atoms with Crippen molar-refractivity contribution in [3.05, 3.63) is 71.8 Å². The van der Waals surface area contributed by atoms with E-state index in [1.807, 2.05) is 86.3 Å². The molecule has 5 aliphatic rings. The first-order valence-electron chi connectivity index (χ1n) is 18.1. The molecule has 0 aliphatic carbocycles. The van der Waals surface area contributed by atoms with Crippen LogP contribution >= 0.6 is 35.3 Å². The lowest BCUT2D eigenvalue weighted by Crippen LogP contribution is -2.54. The van der Waals surface area contributed by atoms with Crippen molar-refractivity contribution < 1.29 is 19.2 Å². The molecule has 1 saturated heterocycles. The van der Waals surface area contributed by atoms with E-state index in [2.05, 4.69) is 16.0 Å². The predicted molar refractivity (Wildman–Crippen MR) is 211 cm³/mol. The Morgan fingerprint density at radius 2 is 1.31 bits per heavy atom. The number of nitrogens with zero attached hydrogens (tertiary/aromatic N) is 4. The molecule has 8 atom stereocenters. The SMILES string of the molecule is CC(C)[C@H]1NC(=O)[C@H]2N=C(S[C@H]2C)[C@@H]2CCCN2C(=O)[C@H](Cc2ccccc2)NC(=O)[C@@H]2CSC(=N2)[C@@H](Cc2ccccc2)NC(=O)[C@@H]2CSC1=N2. The van der Waals surface area contributed by atoms with Gasteiger partial charge in [-0.1, -0.05) is 81.4 Å². The van der Waals surface area contributed by atoms with Gasteiger partial charge < -0.3 is 20.9 Å². The third-order valence-electron chi connectivity index (χ3n) is 10.1. The Kier molecular flexibility index (Phi) is 11.4. The van der Waals surface area contributed by atoms with Crippen LogP contribution in [0.2, 0.25) is 0 Å². The normalized spacial score (nSPS) is 31.2. The maximum absolute atomic E-state index is 14.5. The number of amides is 4. The number of carbonyl (C=O) groups excluding carboxylic acids is 4. The Morgan fingerprint density at radius 3 is 1.94 bits per heavy atom. The molecule has 0 radical (unpaired) electrons. The van der Waals surface area contributed by atoms with Crippen molar-refractivity contribution in [2.75, 3.05) is 18.1 Å². The first-order valence-corrected chi connectivity index (χ1v) is 20.9. The number of thioether (sulfide) groups is 3. The van der Waals surface area contributed by atoms with Gasteiger partial charge in [-0.25, -0.2) is 0 Å². The third kappa shape index (κ3) is 8.13. The number of carbonyl (C=O) groups is 4. The molecule has 7 rings (SSSR count). The lowest BCUT2D eigenvalue weighted by Gasteiger charge is -2.30. The molecule has 0 unspecified atom stereocenters. The molecule has 0 aromatic heterocycles. The van der Waals surface area contributed by atoms with E-state index < -0.39 is 30.2 Å². The van der Waals surface area contributed by atoms with Crippen molar-refractivity contribution in [2.45, 2.75) is 94.0 Å². The summed E-state index contributed by atoms with van der Waals surface area (Å²) in [6, 6.07) is 15.7. The fourth-order valence-corrected chi connectivity index (χ4v) is 10.9. The largest absolute Gasteiger partial charge is 0.345 e. The van der Waals surface area contributed by atoms with E-state index in [9.17, 15) is 19.2 Å². The topological polar surface area (TPSA) is 145 Å².